The van der Waals surface area contributed by atoms with Gasteiger partial charge in [-0.3, -0.25) is 9.69 Å². The number of amides is 1. The molecule has 1 aromatic heterocycles. The molecule has 3 fully saturated rings. The maximum Gasteiger partial charge on any atom is 0.298 e. The molecule has 6 rings (SSSR count). The van der Waals surface area contributed by atoms with Crippen molar-refractivity contribution < 1.29 is 14.3 Å². The zero-order valence-corrected chi connectivity index (χ0v) is 20.8. The van der Waals surface area contributed by atoms with Gasteiger partial charge >= 0.3 is 0 Å². The Labute approximate surface area is 212 Å². The standard InChI is InChI=1S/C28H33N5O3/c1-2-3-27(34)33-17-22(18-33)31-10-7-20(8-11-31)21-4-5-26-24(16-21)30-28-23(19-36-26)25(6-9-29-28)32-12-14-35-15-13-32/h4-6,9,16,20,22H,7-8,10-15,17-19H2,1H3,(H,29,30). The largest absolute Gasteiger partial charge is 0.487 e. The normalized spacial score (nSPS) is 20.6. The highest BCUT2D eigenvalue weighted by Gasteiger charge is 2.36. The van der Waals surface area contributed by atoms with Crippen molar-refractivity contribution >= 4 is 23.1 Å². The van der Waals surface area contributed by atoms with Gasteiger partial charge in [-0.15, -0.1) is 0 Å². The van der Waals surface area contributed by atoms with Gasteiger partial charge in [-0.05, 0) is 68.5 Å². The van der Waals surface area contributed by atoms with Crippen molar-refractivity contribution in [1.29, 1.82) is 0 Å². The minimum absolute atomic E-state index is 0.0449. The number of pyridine rings is 1. The number of likely N-dealkylation sites (tertiary alicyclic amines) is 2. The average Bonchev–Trinajstić information content (AvgIpc) is 3.08. The molecule has 0 bridgehead atoms. The summed E-state index contributed by atoms with van der Waals surface area (Å²) in [7, 11) is 0. The van der Waals surface area contributed by atoms with Crippen molar-refractivity contribution in [2.75, 3.05) is 62.7 Å². The second kappa shape index (κ2) is 10.00. The lowest BCUT2D eigenvalue weighted by Crippen LogP contribution is -2.61. The summed E-state index contributed by atoms with van der Waals surface area (Å²) in [5, 5.41) is 3.58. The van der Waals surface area contributed by atoms with Gasteiger partial charge in [0.25, 0.3) is 5.91 Å². The number of rotatable bonds is 3. The first-order valence-corrected chi connectivity index (χ1v) is 13.0. The SMILES string of the molecule is CC#CC(=O)N1CC(N2CCC(c3ccc4c(c3)Nc3nccc(N5CCOCC5)c3CO4)CC2)C1. The summed E-state index contributed by atoms with van der Waals surface area (Å²) in [5.41, 5.74) is 4.61. The predicted molar refractivity (Wildman–Crippen MR) is 139 cm³/mol. The van der Waals surface area contributed by atoms with Crippen LogP contribution < -0.4 is 15.0 Å². The van der Waals surface area contributed by atoms with Crippen LogP contribution in [0.4, 0.5) is 17.2 Å². The summed E-state index contributed by atoms with van der Waals surface area (Å²) < 4.78 is 11.8. The number of piperidine rings is 1. The predicted octanol–water partition coefficient (Wildman–Crippen LogP) is 2.97. The third kappa shape index (κ3) is 4.49. The molecule has 4 aliphatic heterocycles. The van der Waals surface area contributed by atoms with E-state index in [1.54, 1.807) is 6.92 Å². The number of hydrogen-bond acceptors (Lipinski definition) is 7. The molecule has 188 valence electrons. The van der Waals surface area contributed by atoms with E-state index in [1.165, 1.54) is 11.3 Å². The fraction of sp³-hybridized carbons (Fsp3) is 0.500. The van der Waals surface area contributed by atoms with Gasteiger partial charge in [0.1, 0.15) is 18.2 Å². The van der Waals surface area contributed by atoms with E-state index in [2.05, 4.69) is 56.2 Å². The summed E-state index contributed by atoms with van der Waals surface area (Å²) in [6.45, 7) is 9.20. The number of anilines is 3. The Bertz CT molecular complexity index is 1190. The van der Waals surface area contributed by atoms with Gasteiger partial charge in [-0.1, -0.05) is 12.0 Å². The average molecular weight is 488 g/mol. The minimum Gasteiger partial charge on any atom is -0.487 e. The van der Waals surface area contributed by atoms with Gasteiger partial charge in [0.05, 0.1) is 24.5 Å². The molecule has 0 unspecified atom stereocenters. The molecule has 0 atom stereocenters. The van der Waals surface area contributed by atoms with E-state index < -0.39 is 0 Å². The Kier molecular flexibility index (Phi) is 6.43. The molecular weight excluding hydrogens is 454 g/mol. The fourth-order valence-electron chi connectivity index (χ4n) is 5.77. The van der Waals surface area contributed by atoms with E-state index in [0.717, 1.165) is 88.1 Å². The number of carbonyl (C=O) groups is 1. The molecule has 8 nitrogen and oxygen atoms in total. The third-order valence-corrected chi connectivity index (χ3v) is 7.91. The molecule has 3 saturated heterocycles. The summed E-state index contributed by atoms with van der Waals surface area (Å²) >= 11 is 0. The number of ether oxygens (including phenoxy) is 2. The Morgan fingerprint density at radius 1 is 1.11 bits per heavy atom. The maximum atomic E-state index is 11.9. The van der Waals surface area contributed by atoms with Gasteiger partial charge in [-0.25, -0.2) is 4.98 Å². The fourth-order valence-corrected chi connectivity index (χ4v) is 5.77. The van der Waals surface area contributed by atoms with Crippen molar-refractivity contribution in [3.05, 3.63) is 41.6 Å². The van der Waals surface area contributed by atoms with E-state index in [-0.39, 0.29) is 5.91 Å². The Morgan fingerprint density at radius 3 is 2.69 bits per heavy atom. The van der Waals surface area contributed by atoms with Gasteiger partial charge in [0.15, 0.2) is 0 Å². The highest BCUT2D eigenvalue weighted by molar-refractivity contribution is 5.94. The smallest absolute Gasteiger partial charge is 0.298 e. The number of carbonyl (C=O) groups excluding carboxylic acids is 1. The van der Waals surface area contributed by atoms with E-state index >= 15 is 0 Å². The van der Waals surface area contributed by atoms with Crippen LogP contribution in [0.2, 0.25) is 0 Å². The number of fused-ring (bicyclic) bond motifs is 2. The van der Waals surface area contributed by atoms with E-state index in [0.29, 0.717) is 18.6 Å². The molecule has 2 aromatic rings. The zero-order chi connectivity index (χ0) is 24.5. The van der Waals surface area contributed by atoms with Crippen LogP contribution in [0.25, 0.3) is 0 Å². The van der Waals surface area contributed by atoms with Crippen LogP contribution in [-0.2, 0) is 16.1 Å². The van der Waals surface area contributed by atoms with Gasteiger partial charge in [0.2, 0.25) is 0 Å². The molecule has 36 heavy (non-hydrogen) atoms. The molecule has 8 heteroatoms. The highest BCUT2D eigenvalue weighted by Crippen LogP contribution is 2.40. The van der Waals surface area contributed by atoms with Crippen LogP contribution >= 0.6 is 0 Å². The van der Waals surface area contributed by atoms with Crippen LogP contribution in [0.1, 0.15) is 36.8 Å². The van der Waals surface area contributed by atoms with Crippen molar-refractivity contribution in [2.45, 2.75) is 38.3 Å². The summed E-state index contributed by atoms with van der Waals surface area (Å²) in [5.74, 6) is 7.57. The molecule has 0 spiro atoms. The van der Waals surface area contributed by atoms with Gasteiger partial charge < -0.3 is 24.6 Å². The second-order valence-electron chi connectivity index (χ2n) is 9.98. The second-order valence-corrected chi connectivity index (χ2v) is 9.98. The van der Waals surface area contributed by atoms with Crippen molar-refractivity contribution in [3.63, 3.8) is 0 Å². The van der Waals surface area contributed by atoms with Crippen LogP contribution in [0.3, 0.4) is 0 Å². The van der Waals surface area contributed by atoms with Gasteiger partial charge in [0, 0.05) is 44.1 Å². The van der Waals surface area contributed by atoms with Crippen LogP contribution in [0.5, 0.6) is 5.75 Å². The number of hydrogen-bond donors (Lipinski definition) is 1. The zero-order valence-electron chi connectivity index (χ0n) is 20.8. The Hall–Kier alpha value is -3.28. The van der Waals surface area contributed by atoms with Crippen molar-refractivity contribution in [3.8, 4) is 17.6 Å². The lowest BCUT2D eigenvalue weighted by Gasteiger charge is -2.47. The topological polar surface area (TPSA) is 70.2 Å². The molecule has 1 aromatic carbocycles. The molecule has 0 radical (unpaired) electrons. The van der Waals surface area contributed by atoms with Crippen LogP contribution in [0, 0.1) is 11.8 Å². The quantitative estimate of drug-likeness (QED) is 0.668. The molecule has 5 heterocycles. The lowest BCUT2D eigenvalue weighted by atomic mass is 9.88. The minimum atomic E-state index is -0.0449. The first-order chi connectivity index (χ1) is 17.7. The Balaban J connectivity index is 1.11. The maximum absolute atomic E-state index is 11.9. The first-order valence-electron chi connectivity index (χ1n) is 13.0. The van der Waals surface area contributed by atoms with Crippen LogP contribution in [-0.4, -0.2) is 79.2 Å². The molecule has 0 aliphatic carbocycles. The molecule has 1 amide bonds. The third-order valence-electron chi connectivity index (χ3n) is 7.91. The molecule has 0 saturated carbocycles. The van der Waals surface area contributed by atoms with Crippen molar-refractivity contribution in [2.24, 2.45) is 0 Å². The molecule has 4 aliphatic rings. The summed E-state index contributed by atoms with van der Waals surface area (Å²) in [6.07, 6.45) is 4.12. The highest BCUT2D eigenvalue weighted by atomic mass is 16.5. The first kappa shape index (κ1) is 23.1. The number of nitrogens with one attached hydrogen (secondary N) is 1. The van der Waals surface area contributed by atoms with Crippen molar-refractivity contribution in [1.82, 2.24) is 14.8 Å². The molecular formula is C28H33N5O3. The molecule has 1 N–H and O–H groups in total. The monoisotopic (exact) mass is 487 g/mol. The summed E-state index contributed by atoms with van der Waals surface area (Å²) in [6, 6.07) is 9.13. The number of benzene rings is 1. The van der Waals surface area contributed by atoms with E-state index in [4.69, 9.17) is 9.47 Å². The van der Waals surface area contributed by atoms with E-state index in [9.17, 15) is 4.79 Å². The number of nitrogens with zero attached hydrogens (tertiary/aromatic N) is 4. The van der Waals surface area contributed by atoms with E-state index in [1.807, 2.05) is 11.1 Å². The Morgan fingerprint density at radius 2 is 1.92 bits per heavy atom. The van der Waals surface area contributed by atoms with Gasteiger partial charge in [-0.2, -0.15) is 0 Å². The van der Waals surface area contributed by atoms with Crippen LogP contribution in [0.15, 0.2) is 30.5 Å². The number of aromatic nitrogens is 1. The number of morpholine rings is 1. The lowest BCUT2D eigenvalue weighted by molar-refractivity contribution is -0.132. The summed E-state index contributed by atoms with van der Waals surface area (Å²) in [4.78, 5) is 23.3.